The predicted octanol–water partition coefficient (Wildman–Crippen LogP) is 0.569. The van der Waals surface area contributed by atoms with Crippen molar-refractivity contribution in [3.63, 3.8) is 0 Å². The van der Waals surface area contributed by atoms with Gasteiger partial charge < -0.3 is 10.5 Å². The summed E-state index contributed by atoms with van der Waals surface area (Å²) in [5.41, 5.74) is 6.05. The number of ether oxygens (including phenoxy) is 1. The van der Waals surface area contributed by atoms with Crippen LogP contribution < -0.4 is 5.73 Å². The highest BCUT2D eigenvalue weighted by atomic mass is 16.5. The van der Waals surface area contributed by atoms with Crippen LogP contribution in [0.2, 0.25) is 0 Å². The highest BCUT2D eigenvalue weighted by molar-refractivity contribution is 5.91. The van der Waals surface area contributed by atoms with Crippen LogP contribution in [-0.2, 0) is 17.9 Å². The second-order valence-corrected chi connectivity index (χ2v) is 4.09. The van der Waals surface area contributed by atoms with Gasteiger partial charge in [0.2, 0.25) is 0 Å². The zero-order chi connectivity index (χ0) is 12.1. The topological polar surface area (TPSA) is 83.0 Å². The van der Waals surface area contributed by atoms with Crippen LogP contribution in [0.3, 0.4) is 0 Å². The van der Waals surface area contributed by atoms with Gasteiger partial charge in [-0.1, -0.05) is 19.1 Å². The van der Waals surface area contributed by atoms with Gasteiger partial charge in [-0.2, -0.15) is 0 Å². The molecule has 0 fully saturated rings. The van der Waals surface area contributed by atoms with Gasteiger partial charge >= 0.3 is 0 Å². The van der Waals surface area contributed by atoms with Crippen LogP contribution in [0.25, 0.3) is 0 Å². The van der Waals surface area contributed by atoms with Crippen molar-refractivity contribution in [2.45, 2.75) is 33.4 Å². The number of nitrogens with zero attached hydrogens (tertiary/aromatic N) is 3. The molecule has 0 saturated carbocycles. The molecule has 0 aromatic carbocycles. The van der Waals surface area contributed by atoms with Crippen molar-refractivity contribution in [3.05, 3.63) is 11.4 Å². The number of aryl methyl sites for hydroxylation is 1. The van der Waals surface area contributed by atoms with Crippen molar-refractivity contribution in [2.75, 3.05) is 7.11 Å². The van der Waals surface area contributed by atoms with E-state index in [-0.39, 0.29) is 5.69 Å². The summed E-state index contributed by atoms with van der Waals surface area (Å²) in [6.07, 6.45) is 0.971. The second-order valence-electron chi connectivity index (χ2n) is 4.09. The predicted molar refractivity (Wildman–Crippen MR) is 58.7 cm³/mol. The van der Waals surface area contributed by atoms with E-state index in [0.29, 0.717) is 18.2 Å². The van der Waals surface area contributed by atoms with Crippen molar-refractivity contribution >= 4 is 5.91 Å². The molecule has 1 rings (SSSR count). The molecule has 6 nitrogen and oxygen atoms in total. The Morgan fingerprint density at radius 3 is 2.75 bits per heavy atom. The molecule has 6 heteroatoms. The van der Waals surface area contributed by atoms with Crippen LogP contribution in [0.1, 0.15) is 36.5 Å². The summed E-state index contributed by atoms with van der Waals surface area (Å²) in [6.45, 7) is 5.27. The van der Waals surface area contributed by atoms with Crippen molar-refractivity contribution in [2.24, 2.45) is 11.7 Å². The zero-order valence-electron chi connectivity index (χ0n) is 9.93. The quantitative estimate of drug-likeness (QED) is 0.768. The highest BCUT2D eigenvalue weighted by Gasteiger charge is 2.16. The van der Waals surface area contributed by atoms with Crippen molar-refractivity contribution in [3.8, 4) is 0 Å². The molecule has 1 amide bonds. The summed E-state index contributed by atoms with van der Waals surface area (Å²) in [7, 11) is 1.56. The van der Waals surface area contributed by atoms with Gasteiger partial charge in [-0.3, -0.25) is 4.79 Å². The van der Waals surface area contributed by atoms with Gasteiger partial charge in [0.15, 0.2) is 5.69 Å². The number of nitrogens with two attached hydrogens (primary N) is 1. The Bertz CT molecular complexity index is 360. The molecule has 0 atom stereocenters. The monoisotopic (exact) mass is 226 g/mol. The van der Waals surface area contributed by atoms with Crippen molar-refractivity contribution in [1.29, 1.82) is 0 Å². The van der Waals surface area contributed by atoms with Gasteiger partial charge in [0.25, 0.3) is 5.91 Å². The maximum absolute atomic E-state index is 11.1. The number of carbonyl (C=O) groups excluding carboxylic acids is 1. The highest BCUT2D eigenvalue weighted by Crippen LogP contribution is 2.09. The molecule has 0 aliphatic rings. The van der Waals surface area contributed by atoms with E-state index >= 15 is 0 Å². The standard InChI is InChI=1S/C10H18N4O2/c1-7(2)4-5-14-8(6-16-3)9(10(11)15)12-13-14/h7H,4-6H2,1-3H3,(H2,11,15). The lowest BCUT2D eigenvalue weighted by Crippen LogP contribution is -2.16. The molecule has 1 heterocycles. The summed E-state index contributed by atoms with van der Waals surface area (Å²) < 4.78 is 6.70. The fourth-order valence-electron chi connectivity index (χ4n) is 1.36. The Balaban J connectivity index is 2.86. The number of aromatic nitrogens is 3. The van der Waals surface area contributed by atoms with Gasteiger partial charge in [-0.05, 0) is 12.3 Å². The van der Waals surface area contributed by atoms with Gasteiger partial charge in [0, 0.05) is 13.7 Å². The maximum Gasteiger partial charge on any atom is 0.271 e. The van der Waals surface area contributed by atoms with E-state index in [0.717, 1.165) is 13.0 Å². The van der Waals surface area contributed by atoms with Crippen molar-refractivity contribution in [1.82, 2.24) is 15.0 Å². The second kappa shape index (κ2) is 5.60. The smallest absolute Gasteiger partial charge is 0.271 e. The van der Waals surface area contributed by atoms with Gasteiger partial charge in [0.05, 0.1) is 12.3 Å². The number of rotatable bonds is 6. The summed E-state index contributed by atoms with van der Waals surface area (Å²) in [5, 5.41) is 7.68. The number of methoxy groups -OCH3 is 1. The SMILES string of the molecule is COCc1c(C(N)=O)nnn1CCC(C)C. The Hall–Kier alpha value is -1.43. The fraction of sp³-hybridized carbons (Fsp3) is 0.700. The molecule has 16 heavy (non-hydrogen) atoms. The van der Waals surface area contributed by atoms with Crippen LogP contribution in [-0.4, -0.2) is 28.0 Å². The molecule has 0 saturated heterocycles. The van der Waals surface area contributed by atoms with E-state index in [1.165, 1.54) is 0 Å². The van der Waals surface area contributed by atoms with Crippen LogP contribution in [0, 0.1) is 5.92 Å². The Kier molecular flexibility index (Phi) is 4.42. The molecular weight excluding hydrogens is 208 g/mol. The lowest BCUT2D eigenvalue weighted by molar-refractivity contribution is 0.0989. The minimum atomic E-state index is -0.567. The third-order valence-electron chi connectivity index (χ3n) is 2.27. The lowest BCUT2D eigenvalue weighted by atomic mass is 10.1. The number of carbonyl (C=O) groups is 1. The third-order valence-corrected chi connectivity index (χ3v) is 2.27. The summed E-state index contributed by atoms with van der Waals surface area (Å²) in [4.78, 5) is 11.1. The first-order valence-electron chi connectivity index (χ1n) is 5.27. The van der Waals surface area contributed by atoms with E-state index in [4.69, 9.17) is 10.5 Å². The van der Waals surface area contributed by atoms with Crippen LogP contribution in [0.5, 0.6) is 0 Å². The molecule has 2 N–H and O–H groups in total. The zero-order valence-corrected chi connectivity index (χ0v) is 9.93. The Morgan fingerprint density at radius 2 is 2.25 bits per heavy atom. The van der Waals surface area contributed by atoms with Gasteiger partial charge in [-0.25, -0.2) is 4.68 Å². The Morgan fingerprint density at radius 1 is 1.56 bits per heavy atom. The van der Waals surface area contributed by atoms with Gasteiger partial charge in [0.1, 0.15) is 0 Å². The molecule has 0 bridgehead atoms. The minimum Gasteiger partial charge on any atom is -0.378 e. The Labute approximate surface area is 94.8 Å². The van der Waals surface area contributed by atoms with Crippen molar-refractivity contribution < 1.29 is 9.53 Å². The molecule has 90 valence electrons. The summed E-state index contributed by atoms with van der Waals surface area (Å²) >= 11 is 0. The molecule has 0 unspecified atom stereocenters. The third kappa shape index (κ3) is 3.03. The first-order valence-corrected chi connectivity index (χ1v) is 5.27. The summed E-state index contributed by atoms with van der Waals surface area (Å²) in [6, 6.07) is 0. The number of primary amides is 1. The van der Waals surface area contributed by atoms with Crippen LogP contribution in [0.15, 0.2) is 0 Å². The fourth-order valence-corrected chi connectivity index (χ4v) is 1.36. The number of hydrogen-bond acceptors (Lipinski definition) is 4. The van der Waals surface area contributed by atoms with E-state index in [9.17, 15) is 4.79 Å². The minimum absolute atomic E-state index is 0.200. The van der Waals surface area contributed by atoms with E-state index in [1.807, 2.05) is 0 Å². The van der Waals surface area contributed by atoms with E-state index in [2.05, 4.69) is 24.2 Å². The molecule has 0 radical (unpaired) electrons. The first kappa shape index (κ1) is 12.6. The number of amides is 1. The molecule has 1 aromatic rings. The molecule has 0 spiro atoms. The summed E-state index contributed by atoms with van der Waals surface area (Å²) in [5.74, 6) is -0.000491. The van der Waals surface area contributed by atoms with Crippen LogP contribution in [0.4, 0.5) is 0 Å². The average Bonchev–Trinajstić information content (AvgIpc) is 2.59. The molecule has 0 aliphatic heterocycles. The van der Waals surface area contributed by atoms with E-state index < -0.39 is 5.91 Å². The number of hydrogen-bond donors (Lipinski definition) is 1. The maximum atomic E-state index is 11.1. The van der Waals surface area contributed by atoms with Gasteiger partial charge in [-0.15, -0.1) is 5.10 Å². The molecule has 0 aliphatic carbocycles. The van der Waals surface area contributed by atoms with E-state index in [1.54, 1.807) is 11.8 Å². The first-order chi connectivity index (χ1) is 7.56. The normalized spacial score (nSPS) is 11.0. The largest absolute Gasteiger partial charge is 0.378 e. The lowest BCUT2D eigenvalue weighted by Gasteiger charge is -2.07. The molecular formula is C10H18N4O2. The average molecular weight is 226 g/mol. The van der Waals surface area contributed by atoms with Crippen LogP contribution >= 0.6 is 0 Å². The molecule has 1 aromatic heterocycles.